The third-order valence-electron chi connectivity index (χ3n) is 6.06. The summed E-state index contributed by atoms with van der Waals surface area (Å²) in [4.78, 5) is 6.10. The molecule has 1 aliphatic heterocycles. The lowest BCUT2D eigenvalue weighted by Crippen LogP contribution is -2.38. The number of nitrogens with zero attached hydrogens (tertiary/aromatic N) is 1. The van der Waals surface area contributed by atoms with Crippen molar-refractivity contribution in [2.24, 2.45) is 4.99 Å². The van der Waals surface area contributed by atoms with Crippen LogP contribution in [0.25, 0.3) is 11.1 Å². The van der Waals surface area contributed by atoms with Crippen LogP contribution in [0.4, 0.5) is 18.2 Å². The van der Waals surface area contributed by atoms with Gasteiger partial charge < -0.3 is 19.8 Å². The lowest BCUT2D eigenvalue weighted by atomic mass is 10.0. The van der Waals surface area contributed by atoms with Gasteiger partial charge >= 0.3 is 6.36 Å². The minimum Gasteiger partial charge on any atom is -0.472 e. The second kappa shape index (κ2) is 10.7. The van der Waals surface area contributed by atoms with E-state index in [1.165, 1.54) is 22.6 Å². The number of alkyl halides is 3. The lowest BCUT2D eigenvalue weighted by molar-refractivity contribution is -0.274. The summed E-state index contributed by atoms with van der Waals surface area (Å²) in [6.45, 7) is 2.82. The summed E-state index contributed by atoms with van der Waals surface area (Å²) >= 11 is 1.72. The average Bonchev–Trinajstić information content (AvgIpc) is 3.53. The summed E-state index contributed by atoms with van der Waals surface area (Å²) in [6.07, 6.45) is 1.52. The van der Waals surface area contributed by atoms with Gasteiger partial charge in [0.05, 0.1) is 18.1 Å². The summed E-state index contributed by atoms with van der Waals surface area (Å²) in [5.41, 5.74) is 5.13. The molecule has 1 aliphatic rings. The minimum atomic E-state index is -4.69. The number of nitrogens with one attached hydrogen (secondary N) is 2. The van der Waals surface area contributed by atoms with Gasteiger partial charge in [-0.1, -0.05) is 36.4 Å². The number of amidine groups is 1. The molecule has 0 fully saturated rings. The van der Waals surface area contributed by atoms with E-state index in [1.54, 1.807) is 36.0 Å². The number of ether oxygens (including phenoxy) is 1. The molecule has 0 radical (unpaired) electrons. The van der Waals surface area contributed by atoms with Gasteiger partial charge in [-0.3, -0.25) is 4.99 Å². The molecule has 2 aromatic carbocycles. The van der Waals surface area contributed by atoms with Gasteiger partial charge in [-0.05, 0) is 67.1 Å². The number of fused-ring (bicyclic) bond motifs is 1. The standard InChI is InChI=1S/C28H26F3N3O2S/c1-18-16-24-26(33-25(34-27(24)37-18)22-13-15-35-17-22)32-14-3-2-4-19-5-7-20(8-6-19)21-9-11-23(12-10-21)36-28(29,30)31/h5-13,15-17,25,34H,2-4,14H2,1H3,(H,32,33). The van der Waals surface area contributed by atoms with Crippen LogP contribution >= 0.6 is 11.3 Å². The Balaban J connectivity index is 1.14. The number of aliphatic imine (C=N–C) groups is 1. The van der Waals surface area contributed by atoms with Gasteiger partial charge in [0, 0.05) is 17.0 Å². The number of unbranched alkanes of at least 4 members (excludes halogenated alkanes) is 1. The van der Waals surface area contributed by atoms with Crippen LogP contribution in [-0.4, -0.2) is 18.7 Å². The van der Waals surface area contributed by atoms with Crippen LogP contribution in [0.1, 0.15) is 40.6 Å². The van der Waals surface area contributed by atoms with E-state index in [4.69, 9.17) is 9.41 Å². The second-order valence-corrected chi connectivity index (χ2v) is 10.1. The van der Waals surface area contributed by atoms with Crippen molar-refractivity contribution in [3.05, 3.63) is 94.8 Å². The first-order chi connectivity index (χ1) is 17.8. The van der Waals surface area contributed by atoms with E-state index in [0.717, 1.165) is 58.9 Å². The molecule has 0 amide bonds. The SMILES string of the molecule is Cc1cc2c(s1)NC(c1ccoc1)NC2=NCCCCc1ccc(-c2ccc(OC(F)(F)F)cc2)cc1. The molecule has 1 atom stereocenters. The van der Waals surface area contributed by atoms with Crippen LogP contribution in [0.3, 0.4) is 0 Å². The smallest absolute Gasteiger partial charge is 0.472 e. The van der Waals surface area contributed by atoms with E-state index in [2.05, 4.69) is 40.5 Å². The molecule has 3 heterocycles. The Morgan fingerprint density at radius 2 is 1.70 bits per heavy atom. The van der Waals surface area contributed by atoms with Gasteiger partial charge in [0.25, 0.3) is 0 Å². The van der Waals surface area contributed by atoms with Crippen molar-refractivity contribution in [1.82, 2.24) is 5.32 Å². The largest absolute Gasteiger partial charge is 0.573 e. The van der Waals surface area contributed by atoms with E-state index in [-0.39, 0.29) is 11.9 Å². The van der Waals surface area contributed by atoms with Gasteiger partial charge in [-0.2, -0.15) is 0 Å². The fourth-order valence-electron chi connectivity index (χ4n) is 4.26. The van der Waals surface area contributed by atoms with Gasteiger partial charge in [0.1, 0.15) is 22.8 Å². The molecule has 1 unspecified atom stereocenters. The van der Waals surface area contributed by atoms with E-state index in [1.807, 2.05) is 18.2 Å². The number of hydrogen-bond donors (Lipinski definition) is 2. The Bertz CT molecular complexity index is 1350. The number of rotatable bonds is 8. The minimum absolute atomic E-state index is 0.0741. The van der Waals surface area contributed by atoms with Crippen molar-refractivity contribution in [1.29, 1.82) is 0 Å². The van der Waals surface area contributed by atoms with E-state index in [0.29, 0.717) is 0 Å². The average molecular weight is 526 g/mol. The molecule has 5 nitrogen and oxygen atoms in total. The maximum Gasteiger partial charge on any atom is 0.573 e. The third-order valence-corrected chi connectivity index (χ3v) is 7.04. The molecule has 9 heteroatoms. The van der Waals surface area contributed by atoms with Crippen LogP contribution in [0.2, 0.25) is 0 Å². The number of benzene rings is 2. The maximum absolute atomic E-state index is 12.3. The molecule has 0 bridgehead atoms. The van der Waals surface area contributed by atoms with Gasteiger partial charge in [0.2, 0.25) is 0 Å². The van der Waals surface area contributed by atoms with E-state index in [9.17, 15) is 13.2 Å². The van der Waals surface area contributed by atoms with Gasteiger partial charge in [-0.15, -0.1) is 24.5 Å². The number of halogens is 3. The fourth-order valence-corrected chi connectivity index (χ4v) is 5.20. The Hall–Kier alpha value is -3.72. The fraction of sp³-hybridized carbons (Fsp3) is 0.250. The number of furan rings is 1. The highest BCUT2D eigenvalue weighted by Crippen LogP contribution is 2.34. The monoisotopic (exact) mass is 525 g/mol. The first-order valence-electron chi connectivity index (χ1n) is 12.0. The molecule has 0 saturated heterocycles. The number of thiophene rings is 1. The quantitative estimate of drug-likeness (QED) is 0.232. The zero-order valence-electron chi connectivity index (χ0n) is 20.1. The van der Waals surface area contributed by atoms with Gasteiger partial charge in [-0.25, -0.2) is 0 Å². The predicted octanol–water partition coefficient (Wildman–Crippen LogP) is 7.70. The Kier molecular flexibility index (Phi) is 7.23. The Morgan fingerprint density at radius 3 is 2.38 bits per heavy atom. The first-order valence-corrected chi connectivity index (χ1v) is 12.8. The van der Waals surface area contributed by atoms with Gasteiger partial charge in [0.15, 0.2) is 0 Å². The number of hydrogen-bond acceptors (Lipinski definition) is 5. The Morgan fingerprint density at radius 1 is 0.973 bits per heavy atom. The zero-order valence-corrected chi connectivity index (χ0v) is 21.0. The predicted molar refractivity (Wildman–Crippen MR) is 140 cm³/mol. The molecule has 2 N–H and O–H groups in total. The van der Waals surface area contributed by atoms with Crippen molar-refractivity contribution in [3.63, 3.8) is 0 Å². The number of anilines is 1. The summed E-state index contributed by atoms with van der Waals surface area (Å²) in [5, 5.41) is 8.12. The van der Waals surface area contributed by atoms with Crippen molar-refractivity contribution in [2.75, 3.05) is 11.9 Å². The third kappa shape index (κ3) is 6.35. The topological polar surface area (TPSA) is 58.8 Å². The summed E-state index contributed by atoms with van der Waals surface area (Å²) in [5.74, 6) is 0.679. The molecule has 4 aromatic rings. The van der Waals surface area contributed by atoms with E-state index < -0.39 is 6.36 Å². The molecule has 5 rings (SSSR count). The molecular weight excluding hydrogens is 499 g/mol. The van der Waals surface area contributed by atoms with Crippen molar-refractivity contribution in [2.45, 2.75) is 38.7 Å². The summed E-state index contributed by atoms with van der Waals surface area (Å²) in [7, 11) is 0. The molecule has 2 aromatic heterocycles. The number of aryl methyl sites for hydroxylation is 2. The van der Waals surface area contributed by atoms with Crippen molar-refractivity contribution in [3.8, 4) is 16.9 Å². The van der Waals surface area contributed by atoms with Crippen LogP contribution in [0.5, 0.6) is 5.75 Å². The first kappa shape index (κ1) is 25.0. The maximum atomic E-state index is 12.3. The lowest BCUT2D eigenvalue weighted by Gasteiger charge is -2.27. The van der Waals surface area contributed by atoms with Crippen molar-refractivity contribution >= 4 is 22.2 Å². The van der Waals surface area contributed by atoms with Crippen LogP contribution in [-0.2, 0) is 6.42 Å². The molecule has 37 heavy (non-hydrogen) atoms. The molecular formula is C28H26F3N3O2S. The highest BCUT2D eigenvalue weighted by molar-refractivity contribution is 7.16. The molecule has 192 valence electrons. The molecule has 0 saturated carbocycles. The van der Waals surface area contributed by atoms with Crippen LogP contribution in [0, 0.1) is 6.92 Å². The Labute approximate surface area is 217 Å². The van der Waals surface area contributed by atoms with Crippen LogP contribution < -0.4 is 15.4 Å². The summed E-state index contributed by atoms with van der Waals surface area (Å²) < 4.78 is 46.2. The summed E-state index contributed by atoms with van der Waals surface area (Å²) in [6, 6.07) is 18.1. The molecule has 0 spiro atoms. The van der Waals surface area contributed by atoms with E-state index >= 15 is 0 Å². The highest BCUT2D eigenvalue weighted by Gasteiger charge is 2.31. The normalized spacial score (nSPS) is 16.2. The molecule has 0 aliphatic carbocycles. The van der Waals surface area contributed by atoms with Crippen molar-refractivity contribution < 1.29 is 22.3 Å². The second-order valence-electron chi connectivity index (χ2n) is 8.83. The van der Waals surface area contributed by atoms with Crippen LogP contribution in [0.15, 0.2) is 82.6 Å². The zero-order chi connectivity index (χ0) is 25.8. The highest BCUT2D eigenvalue weighted by atomic mass is 32.1.